The minimum absolute atomic E-state index is 0.0699. The van der Waals surface area contributed by atoms with E-state index in [4.69, 9.17) is 4.74 Å². The van der Waals surface area contributed by atoms with Crippen LogP contribution in [0.5, 0.6) is 0 Å². The Morgan fingerprint density at radius 2 is 1.90 bits per heavy atom. The summed E-state index contributed by atoms with van der Waals surface area (Å²) in [6.45, 7) is 6.10. The second-order valence-corrected chi connectivity index (χ2v) is 6.16. The molecule has 0 amide bonds. The Hall–Kier alpha value is -1.29. The number of rotatable bonds is 4. The number of hydrogen-bond donors (Lipinski definition) is 0. The molecular formula is C17H22F2O2. The zero-order valence-electron chi connectivity index (χ0n) is 12.7. The topological polar surface area (TPSA) is 26.3 Å². The fourth-order valence-corrected chi connectivity index (χ4v) is 2.86. The van der Waals surface area contributed by atoms with E-state index >= 15 is 0 Å². The first-order valence-electron chi connectivity index (χ1n) is 7.53. The molecule has 1 aromatic rings. The van der Waals surface area contributed by atoms with Crippen LogP contribution in [-0.2, 0) is 4.74 Å². The molecular weight excluding hydrogens is 274 g/mol. The summed E-state index contributed by atoms with van der Waals surface area (Å²) in [4.78, 5) is 12.2. The third-order valence-corrected chi connectivity index (χ3v) is 4.52. The highest BCUT2D eigenvalue weighted by molar-refractivity contribution is 5.99. The van der Waals surface area contributed by atoms with Gasteiger partial charge in [-0.05, 0) is 56.2 Å². The van der Waals surface area contributed by atoms with Crippen LogP contribution >= 0.6 is 0 Å². The summed E-state index contributed by atoms with van der Waals surface area (Å²) in [6.07, 6.45) is 2.41. The van der Waals surface area contributed by atoms with Crippen molar-refractivity contribution in [2.24, 2.45) is 11.8 Å². The van der Waals surface area contributed by atoms with Gasteiger partial charge < -0.3 is 4.74 Å². The van der Waals surface area contributed by atoms with Gasteiger partial charge in [-0.1, -0.05) is 13.8 Å². The lowest BCUT2D eigenvalue weighted by Gasteiger charge is -2.33. The van der Waals surface area contributed by atoms with Crippen LogP contribution in [0.1, 0.15) is 50.4 Å². The highest BCUT2D eigenvalue weighted by atomic mass is 19.2. The third-order valence-electron chi connectivity index (χ3n) is 4.52. The maximum atomic E-state index is 13.2. The van der Waals surface area contributed by atoms with Crippen molar-refractivity contribution < 1.29 is 18.3 Å². The molecule has 1 fully saturated rings. The molecule has 2 rings (SSSR count). The molecule has 4 atom stereocenters. The van der Waals surface area contributed by atoms with Crippen LogP contribution in [0.2, 0.25) is 0 Å². The van der Waals surface area contributed by atoms with Gasteiger partial charge in [-0.2, -0.15) is 0 Å². The number of halogens is 2. The second-order valence-electron chi connectivity index (χ2n) is 6.16. The van der Waals surface area contributed by atoms with Gasteiger partial charge >= 0.3 is 0 Å². The van der Waals surface area contributed by atoms with Gasteiger partial charge in [0.05, 0.1) is 6.10 Å². The average molecular weight is 296 g/mol. The number of Topliss-reactive ketones (excluding diaryl/α,β-unsaturated/α-hetero) is 1. The minimum atomic E-state index is -1.01. The Kier molecular flexibility index (Phi) is 5.09. The Morgan fingerprint density at radius 3 is 2.52 bits per heavy atom. The first-order chi connectivity index (χ1) is 9.88. The summed E-state index contributed by atoms with van der Waals surface area (Å²) in [6, 6.07) is 3.20. The van der Waals surface area contributed by atoms with E-state index < -0.39 is 17.7 Å². The maximum absolute atomic E-state index is 13.2. The lowest BCUT2D eigenvalue weighted by atomic mass is 9.80. The van der Waals surface area contributed by atoms with Crippen molar-refractivity contribution in [1.29, 1.82) is 0 Å². The molecule has 1 aliphatic carbocycles. The van der Waals surface area contributed by atoms with E-state index in [-0.39, 0.29) is 17.5 Å². The van der Waals surface area contributed by atoms with E-state index in [2.05, 4.69) is 13.8 Å². The molecule has 4 heteroatoms. The first kappa shape index (κ1) is 16.1. The zero-order valence-corrected chi connectivity index (χ0v) is 12.7. The molecule has 21 heavy (non-hydrogen) atoms. The third kappa shape index (κ3) is 3.88. The molecule has 1 aromatic carbocycles. The fourth-order valence-electron chi connectivity index (χ4n) is 2.86. The summed E-state index contributed by atoms with van der Waals surface area (Å²) in [7, 11) is 0. The number of hydrogen-bond acceptors (Lipinski definition) is 2. The van der Waals surface area contributed by atoms with Crippen molar-refractivity contribution in [3.05, 3.63) is 35.4 Å². The van der Waals surface area contributed by atoms with Gasteiger partial charge in [-0.3, -0.25) is 4.79 Å². The van der Waals surface area contributed by atoms with Gasteiger partial charge in [0.25, 0.3) is 0 Å². The molecule has 0 aromatic heterocycles. The Morgan fingerprint density at radius 1 is 1.19 bits per heavy atom. The van der Waals surface area contributed by atoms with Gasteiger partial charge in [0, 0.05) is 5.56 Å². The van der Waals surface area contributed by atoms with Crippen molar-refractivity contribution in [2.75, 3.05) is 0 Å². The maximum Gasteiger partial charge on any atom is 0.191 e. The van der Waals surface area contributed by atoms with Gasteiger partial charge in [0.15, 0.2) is 17.4 Å². The summed E-state index contributed by atoms with van der Waals surface area (Å²) < 4.78 is 31.9. The van der Waals surface area contributed by atoms with E-state index in [1.54, 1.807) is 6.92 Å². The average Bonchev–Trinajstić information content (AvgIpc) is 2.45. The van der Waals surface area contributed by atoms with Crippen LogP contribution in [0.15, 0.2) is 18.2 Å². The Labute approximate surface area is 124 Å². The van der Waals surface area contributed by atoms with Crippen molar-refractivity contribution in [1.82, 2.24) is 0 Å². The van der Waals surface area contributed by atoms with Crippen LogP contribution in [-0.4, -0.2) is 18.0 Å². The number of benzene rings is 1. The first-order valence-corrected chi connectivity index (χ1v) is 7.53. The lowest BCUT2D eigenvalue weighted by molar-refractivity contribution is -0.0288. The largest absolute Gasteiger partial charge is 0.367 e. The molecule has 116 valence electrons. The molecule has 1 saturated carbocycles. The molecule has 4 unspecified atom stereocenters. The number of carbonyl (C=O) groups is 1. The van der Waals surface area contributed by atoms with E-state index in [1.165, 1.54) is 6.07 Å². The van der Waals surface area contributed by atoms with Gasteiger partial charge in [-0.15, -0.1) is 0 Å². The fraction of sp³-hybridized carbons (Fsp3) is 0.588. The van der Waals surface area contributed by atoms with Crippen LogP contribution < -0.4 is 0 Å². The van der Waals surface area contributed by atoms with E-state index in [9.17, 15) is 13.6 Å². The zero-order chi connectivity index (χ0) is 15.6. The van der Waals surface area contributed by atoms with Crippen LogP contribution in [0.25, 0.3) is 0 Å². The molecule has 0 radical (unpaired) electrons. The quantitative estimate of drug-likeness (QED) is 0.771. The minimum Gasteiger partial charge on any atom is -0.367 e. The summed E-state index contributed by atoms with van der Waals surface area (Å²) in [5, 5.41) is 0. The predicted molar refractivity (Wildman–Crippen MR) is 77.2 cm³/mol. The SMILES string of the molecule is CC(OC1CCC(C)C(C)C1)C(=O)c1ccc(F)c(F)c1. The number of carbonyl (C=O) groups excluding carboxylic acids is 1. The molecule has 0 heterocycles. The van der Waals surface area contributed by atoms with E-state index in [0.717, 1.165) is 31.4 Å². The monoisotopic (exact) mass is 296 g/mol. The summed E-state index contributed by atoms with van der Waals surface area (Å²) in [5.41, 5.74) is 0.152. The van der Waals surface area contributed by atoms with Crippen molar-refractivity contribution in [3.8, 4) is 0 Å². The normalized spacial score (nSPS) is 27.4. The smallest absolute Gasteiger partial charge is 0.191 e. The predicted octanol–water partition coefficient (Wildman–Crippen LogP) is 4.38. The molecule has 0 saturated heterocycles. The van der Waals surface area contributed by atoms with Gasteiger partial charge in [-0.25, -0.2) is 8.78 Å². The van der Waals surface area contributed by atoms with Crippen LogP contribution in [0, 0.1) is 23.5 Å². The molecule has 2 nitrogen and oxygen atoms in total. The van der Waals surface area contributed by atoms with Gasteiger partial charge in [0.2, 0.25) is 0 Å². The van der Waals surface area contributed by atoms with E-state index in [0.29, 0.717) is 11.8 Å². The molecule has 1 aliphatic rings. The Bertz CT molecular complexity index is 516. The Balaban J connectivity index is 1.98. The van der Waals surface area contributed by atoms with E-state index in [1.807, 2.05) is 0 Å². The number of ketones is 1. The van der Waals surface area contributed by atoms with Crippen LogP contribution in [0.3, 0.4) is 0 Å². The lowest BCUT2D eigenvalue weighted by Crippen LogP contribution is -2.32. The van der Waals surface area contributed by atoms with Crippen LogP contribution in [0.4, 0.5) is 8.78 Å². The highest BCUT2D eigenvalue weighted by Crippen LogP contribution is 2.31. The van der Waals surface area contributed by atoms with Crippen molar-refractivity contribution >= 4 is 5.78 Å². The molecule has 0 aliphatic heterocycles. The summed E-state index contributed by atoms with van der Waals surface area (Å²) in [5.74, 6) is -1.00. The molecule has 0 spiro atoms. The molecule has 0 N–H and O–H groups in total. The highest BCUT2D eigenvalue weighted by Gasteiger charge is 2.28. The standard InChI is InChI=1S/C17H22F2O2/c1-10-4-6-14(8-11(10)2)21-12(3)17(20)13-5-7-15(18)16(19)9-13/h5,7,9-12,14H,4,6,8H2,1-3H3. The van der Waals surface area contributed by atoms with Crippen molar-refractivity contribution in [3.63, 3.8) is 0 Å². The summed E-state index contributed by atoms with van der Waals surface area (Å²) >= 11 is 0. The number of ether oxygens (including phenoxy) is 1. The molecule has 0 bridgehead atoms. The van der Waals surface area contributed by atoms with Crippen molar-refractivity contribution in [2.45, 2.75) is 52.2 Å². The second kappa shape index (κ2) is 6.65. The van der Waals surface area contributed by atoms with Gasteiger partial charge in [0.1, 0.15) is 6.10 Å².